The largest absolute Gasteiger partial charge is 0.385 e. The van der Waals surface area contributed by atoms with E-state index in [1.807, 2.05) is 68.3 Å². The maximum Gasteiger partial charge on any atom is 0.242 e. The molecule has 35 heavy (non-hydrogen) atoms. The number of ether oxygens (including phenoxy) is 1. The van der Waals surface area contributed by atoms with Gasteiger partial charge in [0.15, 0.2) is 0 Å². The first-order valence-corrected chi connectivity index (χ1v) is 12.8. The molecule has 0 saturated carbocycles. The highest BCUT2D eigenvalue weighted by Crippen LogP contribution is 2.21. The molecule has 2 amide bonds. The van der Waals surface area contributed by atoms with E-state index < -0.39 is 0 Å². The lowest BCUT2D eigenvalue weighted by molar-refractivity contribution is -0.142. The molecular formula is C28H42ClN3O3. The molecule has 0 unspecified atom stereocenters. The third kappa shape index (κ3) is 10.1. The molecule has 1 heterocycles. The van der Waals surface area contributed by atoms with E-state index in [-0.39, 0.29) is 23.8 Å². The smallest absolute Gasteiger partial charge is 0.242 e. The van der Waals surface area contributed by atoms with Gasteiger partial charge in [-0.2, -0.15) is 0 Å². The summed E-state index contributed by atoms with van der Waals surface area (Å²) in [6, 6.07) is 11.8. The first-order chi connectivity index (χ1) is 16.5. The minimum atomic E-state index is -0.142. The van der Waals surface area contributed by atoms with Crippen LogP contribution in [-0.2, 0) is 27.4 Å². The number of nitrogens with zero attached hydrogens (tertiary/aromatic N) is 3. The third-order valence-electron chi connectivity index (χ3n) is 5.65. The van der Waals surface area contributed by atoms with Gasteiger partial charge in [0, 0.05) is 56.7 Å². The molecule has 0 aliphatic carbocycles. The van der Waals surface area contributed by atoms with E-state index in [9.17, 15) is 9.59 Å². The molecule has 2 aromatic rings. The van der Waals surface area contributed by atoms with Gasteiger partial charge in [-0.3, -0.25) is 9.59 Å². The van der Waals surface area contributed by atoms with Gasteiger partial charge in [-0.25, -0.2) is 0 Å². The van der Waals surface area contributed by atoms with Gasteiger partial charge < -0.3 is 19.1 Å². The lowest BCUT2D eigenvalue weighted by Crippen LogP contribution is -2.45. The maximum absolute atomic E-state index is 13.5. The summed E-state index contributed by atoms with van der Waals surface area (Å²) in [4.78, 5) is 30.1. The molecule has 6 nitrogen and oxygen atoms in total. The van der Waals surface area contributed by atoms with Gasteiger partial charge in [-0.15, -0.1) is 0 Å². The summed E-state index contributed by atoms with van der Waals surface area (Å²) in [5, 5.41) is 0.728. The van der Waals surface area contributed by atoms with Crippen molar-refractivity contribution < 1.29 is 14.3 Å². The summed E-state index contributed by atoms with van der Waals surface area (Å²) in [5.74, 6) is 0.274. The molecule has 0 atom stereocenters. The number of rotatable bonds is 13. The fourth-order valence-corrected chi connectivity index (χ4v) is 4.16. The fraction of sp³-hybridized carbons (Fsp3) is 0.571. The second kappa shape index (κ2) is 13.7. The Balaban J connectivity index is 2.18. The Morgan fingerprint density at radius 1 is 1.06 bits per heavy atom. The Labute approximate surface area is 216 Å². The SMILES string of the molecule is COCCCN(CC(=O)N(Cc1cccn1Cc1ccccc1Cl)CC(C)C)C(=O)CC(C)(C)C. The predicted octanol–water partition coefficient (Wildman–Crippen LogP) is 5.48. The Hall–Kier alpha value is -2.31. The molecule has 0 aliphatic heterocycles. The number of hydrogen-bond donors (Lipinski definition) is 0. The van der Waals surface area contributed by atoms with E-state index in [1.165, 1.54) is 0 Å². The van der Waals surface area contributed by atoms with Crippen molar-refractivity contribution in [3.63, 3.8) is 0 Å². The van der Waals surface area contributed by atoms with Crippen LogP contribution in [-0.4, -0.2) is 59.5 Å². The first-order valence-electron chi connectivity index (χ1n) is 12.4. The van der Waals surface area contributed by atoms with Crippen molar-refractivity contribution >= 4 is 23.4 Å². The molecule has 194 valence electrons. The summed E-state index contributed by atoms with van der Waals surface area (Å²) in [6.45, 7) is 13.2. The van der Waals surface area contributed by atoms with Gasteiger partial charge in [0.1, 0.15) is 0 Å². The van der Waals surface area contributed by atoms with E-state index in [4.69, 9.17) is 16.3 Å². The lowest BCUT2D eigenvalue weighted by Gasteiger charge is -2.30. The molecule has 0 radical (unpaired) electrons. The summed E-state index contributed by atoms with van der Waals surface area (Å²) in [6.07, 6.45) is 3.11. The number of carbonyl (C=O) groups excluding carboxylic acids is 2. The molecular weight excluding hydrogens is 462 g/mol. The molecule has 0 aliphatic rings. The topological polar surface area (TPSA) is 54.8 Å². The summed E-state index contributed by atoms with van der Waals surface area (Å²) in [5.41, 5.74) is 1.92. The normalized spacial score (nSPS) is 11.7. The van der Waals surface area contributed by atoms with Crippen molar-refractivity contribution in [1.82, 2.24) is 14.4 Å². The van der Waals surface area contributed by atoms with Crippen LogP contribution in [0.25, 0.3) is 0 Å². The number of halogens is 1. The van der Waals surface area contributed by atoms with Gasteiger partial charge >= 0.3 is 0 Å². The zero-order valence-electron chi connectivity index (χ0n) is 22.2. The highest BCUT2D eigenvalue weighted by atomic mass is 35.5. The fourth-order valence-electron chi connectivity index (χ4n) is 3.97. The van der Waals surface area contributed by atoms with Gasteiger partial charge in [0.25, 0.3) is 0 Å². The Kier molecular flexibility index (Phi) is 11.3. The van der Waals surface area contributed by atoms with E-state index in [0.29, 0.717) is 51.5 Å². The van der Waals surface area contributed by atoms with Crippen molar-refractivity contribution in [1.29, 1.82) is 0 Å². The average Bonchev–Trinajstić information content (AvgIpc) is 3.19. The third-order valence-corrected chi connectivity index (χ3v) is 6.02. The molecule has 0 saturated heterocycles. The summed E-state index contributed by atoms with van der Waals surface area (Å²) in [7, 11) is 1.65. The van der Waals surface area contributed by atoms with Crippen LogP contribution >= 0.6 is 11.6 Å². The quantitative estimate of drug-likeness (QED) is 0.340. The molecule has 1 aromatic carbocycles. The Morgan fingerprint density at radius 3 is 2.40 bits per heavy atom. The van der Waals surface area contributed by atoms with E-state index >= 15 is 0 Å². The van der Waals surface area contributed by atoms with Crippen molar-refractivity contribution in [3.8, 4) is 0 Å². The van der Waals surface area contributed by atoms with Crippen molar-refractivity contribution in [3.05, 3.63) is 58.9 Å². The van der Waals surface area contributed by atoms with Gasteiger partial charge in [0.05, 0.1) is 13.1 Å². The van der Waals surface area contributed by atoms with Crippen LogP contribution in [0, 0.1) is 11.3 Å². The van der Waals surface area contributed by atoms with Gasteiger partial charge in [-0.05, 0) is 41.5 Å². The average molecular weight is 504 g/mol. The number of carbonyl (C=O) groups is 2. The van der Waals surface area contributed by atoms with Crippen molar-refractivity contribution in [2.24, 2.45) is 11.3 Å². The molecule has 0 N–H and O–H groups in total. The van der Waals surface area contributed by atoms with E-state index in [1.54, 1.807) is 12.0 Å². The Morgan fingerprint density at radius 2 is 1.77 bits per heavy atom. The number of hydrogen-bond acceptors (Lipinski definition) is 3. The van der Waals surface area contributed by atoms with Gasteiger partial charge in [-0.1, -0.05) is 64.4 Å². The molecule has 7 heteroatoms. The van der Waals surface area contributed by atoms with Crippen LogP contribution in [0.3, 0.4) is 0 Å². The van der Waals surface area contributed by atoms with Crippen LogP contribution in [0.1, 0.15) is 58.7 Å². The molecule has 0 spiro atoms. The summed E-state index contributed by atoms with van der Waals surface area (Å²) >= 11 is 6.38. The predicted molar refractivity (Wildman–Crippen MR) is 142 cm³/mol. The maximum atomic E-state index is 13.5. The first kappa shape index (κ1) is 28.9. The zero-order chi connectivity index (χ0) is 26.0. The lowest BCUT2D eigenvalue weighted by atomic mass is 9.91. The number of methoxy groups -OCH3 is 1. The monoisotopic (exact) mass is 503 g/mol. The Bertz CT molecular complexity index is 949. The van der Waals surface area contributed by atoms with Gasteiger partial charge in [0.2, 0.25) is 11.8 Å². The van der Waals surface area contributed by atoms with Crippen molar-refractivity contribution in [2.75, 3.05) is 33.4 Å². The molecule has 1 aromatic heterocycles. The number of amides is 2. The summed E-state index contributed by atoms with van der Waals surface area (Å²) < 4.78 is 7.30. The zero-order valence-corrected chi connectivity index (χ0v) is 23.0. The number of benzene rings is 1. The second-order valence-electron chi connectivity index (χ2n) is 10.8. The highest BCUT2D eigenvalue weighted by molar-refractivity contribution is 6.31. The standard InChI is InChI=1S/C28H42ClN3O3/c1-22(2)18-32(20-24-12-9-14-30(24)19-23-11-7-8-13-25(23)29)27(34)21-31(15-10-16-35-6)26(33)17-28(3,4)5/h7-9,11-14,22H,10,15-21H2,1-6H3. The van der Waals surface area contributed by atoms with Crippen LogP contribution in [0.4, 0.5) is 0 Å². The van der Waals surface area contributed by atoms with E-state index in [0.717, 1.165) is 16.3 Å². The minimum absolute atomic E-state index is 0.00791. The molecule has 2 rings (SSSR count). The van der Waals surface area contributed by atoms with Crippen molar-refractivity contribution in [2.45, 2.75) is 60.5 Å². The molecule has 0 fully saturated rings. The van der Waals surface area contributed by atoms with Crippen LogP contribution in [0.2, 0.25) is 5.02 Å². The number of aromatic nitrogens is 1. The minimum Gasteiger partial charge on any atom is -0.385 e. The van der Waals surface area contributed by atoms with Crippen LogP contribution in [0.15, 0.2) is 42.6 Å². The van der Waals surface area contributed by atoms with E-state index in [2.05, 4.69) is 18.4 Å². The van der Waals surface area contributed by atoms with Crippen LogP contribution < -0.4 is 0 Å². The highest BCUT2D eigenvalue weighted by Gasteiger charge is 2.25. The molecule has 0 bridgehead atoms. The van der Waals surface area contributed by atoms with Crippen LogP contribution in [0.5, 0.6) is 0 Å². The second-order valence-corrected chi connectivity index (χ2v) is 11.2.